The van der Waals surface area contributed by atoms with Gasteiger partial charge < -0.3 is 28.4 Å². The van der Waals surface area contributed by atoms with Gasteiger partial charge >= 0.3 is 35.8 Å². The first-order valence-electron chi connectivity index (χ1n) is 10.8. The van der Waals surface area contributed by atoms with Gasteiger partial charge in [0.1, 0.15) is 0 Å². The first-order chi connectivity index (χ1) is 17.4. The van der Waals surface area contributed by atoms with Gasteiger partial charge in [-0.05, 0) is 12.1 Å². The smallest absolute Gasteiger partial charge is 0.341 e. The van der Waals surface area contributed by atoms with Gasteiger partial charge in [-0.15, -0.1) is 0 Å². The van der Waals surface area contributed by atoms with Crippen LogP contribution in [0.1, 0.15) is 38.1 Å². The number of methoxy groups -OCH3 is 2. The molecule has 12 heteroatoms. The molecule has 0 saturated heterocycles. The van der Waals surface area contributed by atoms with E-state index in [0.29, 0.717) is 5.56 Å². The van der Waals surface area contributed by atoms with Crippen molar-refractivity contribution in [1.82, 2.24) is 0 Å². The second-order valence-electron chi connectivity index (χ2n) is 7.08. The van der Waals surface area contributed by atoms with Crippen LogP contribution < -0.4 is 0 Å². The van der Waals surface area contributed by atoms with Crippen molar-refractivity contribution in [2.45, 2.75) is 40.3 Å². The fourth-order valence-electron chi connectivity index (χ4n) is 1.95. The predicted octanol–water partition coefficient (Wildman–Crippen LogP) is 2.27. The van der Waals surface area contributed by atoms with Gasteiger partial charge in [0, 0.05) is 38.2 Å². The van der Waals surface area contributed by atoms with Gasteiger partial charge in [0.25, 0.3) is 0 Å². The minimum Gasteiger partial charge on any atom is -0.466 e. The molecule has 0 radical (unpaired) electrons. The first kappa shape index (κ1) is 32.5. The summed E-state index contributed by atoms with van der Waals surface area (Å²) < 4.78 is 27.7. The lowest BCUT2D eigenvalue weighted by molar-refractivity contribution is -0.183. The summed E-state index contributed by atoms with van der Waals surface area (Å²) in [7, 11) is 2.37. The Balaban J connectivity index is 0.000000712. The molecule has 0 fully saturated rings. The van der Waals surface area contributed by atoms with Crippen LogP contribution in [0.3, 0.4) is 0 Å². The maximum absolute atomic E-state index is 11.6. The second-order valence-corrected chi connectivity index (χ2v) is 7.08. The molecule has 0 aromatic heterocycles. The Morgan fingerprint density at radius 1 is 0.595 bits per heavy atom. The summed E-state index contributed by atoms with van der Waals surface area (Å²) in [4.78, 5) is 66.6. The second kappa shape index (κ2) is 17.9. The maximum Gasteiger partial charge on any atom is 0.341 e. The van der Waals surface area contributed by atoms with Gasteiger partial charge in [0.2, 0.25) is 12.6 Å². The maximum atomic E-state index is 11.6. The summed E-state index contributed by atoms with van der Waals surface area (Å²) in [6.45, 7) is 6.12. The molecule has 0 aliphatic carbocycles. The number of esters is 6. The molecule has 0 heterocycles. The van der Waals surface area contributed by atoms with Gasteiger partial charge in [-0.1, -0.05) is 32.0 Å². The van der Waals surface area contributed by atoms with Crippen LogP contribution in [0.5, 0.6) is 0 Å². The van der Waals surface area contributed by atoms with Crippen molar-refractivity contribution in [2.24, 2.45) is 5.92 Å². The molecule has 2 atom stereocenters. The number of hydrogen-bond donors (Lipinski definition) is 0. The van der Waals surface area contributed by atoms with E-state index in [2.05, 4.69) is 14.2 Å². The zero-order chi connectivity index (χ0) is 28.4. The Hall–Kier alpha value is -4.48. The molecule has 0 N–H and O–H groups in total. The van der Waals surface area contributed by atoms with E-state index in [-0.39, 0.29) is 5.92 Å². The summed E-state index contributed by atoms with van der Waals surface area (Å²) >= 11 is 0. The topological polar surface area (TPSA) is 158 Å². The van der Waals surface area contributed by atoms with Crippen LogP contribution in [-0.4, -0.2) is 62.6 Å². The lowest BCUT2D eigenvalue weighted by atomic mass is 10.2. The molecule has 0 aliphatic rings. The zero-order valence-corrected chi connectivity index (χ0v) is 21.3. The molecule has 0 bridgehead atoms. The molecule has 1 aromatic rings. The number of carbonyl (C=O) groups excluding carboxylic acids is 6. The van der Waals surface area contributed by atoms with Crippen LogP contribution in [0.2, 0.25) is 0 Å². The summed E-state index contributed by atoms with van der Waals surface area (Å²) in [5.74, 6) is -4.35. The summed E-state index contributed by atoms with van der Waals surface area (Å²) in [5, 5.41) is 0. The van der Waals surface area contributed by atoms with Crippen LogP contribution in [0.25, 0.3) is 0 Å². The molecule has 0 spiro atoms. The average molecular weight is 523 g/mol. The summed E-state index contributed by atoms with van der Waals surface area (Å²) in [5.41, 5.74) is 0.348. The predicted molar refractivity (Wildman–Crippen MR) is 126 cm³/mol. The molecule has 2 unspecified atom stereocenters. The fraction of sp³-hybridized carbons (Fsp3) is 0.360. The molecule has 202 valence electrons. The van der Waals surface area contributed by atoms with E-state index in [4.69, 9.17) is 14.2 Å². The summed E-state index contributed by atoms with van der Waals surface area (Å²) in [6.07, 6.45) is 1.54. The van der Waals surface area contributed by atoms with E-state index >= 15 is 0 Å². The molecular weight excluding hydrogens is 492 g/mol. The third-order valence-corrected chi connectivity index (χ3v) is 3.71. The van der Waals surface area contributed by atoms with Gasteiger partial charge in [0.15, 0.2) is 0 Å². The lowest BCUT2D eigenvalue weighted by Crippen LogP contribution is -2.23. The van der Waals surface area contributed by atoms with Crippen molar-refractivity contribution in [3.8, 4) is 0 Å². The molecule has 1 aromatic carbocycles. The highest BCUT2D eigenvalue weighted by Gasteiger charge is 2.16. The third kappa shape index (κ3) is 15.9. The highest BCUT2D eigenvalue weighted by molar-refractivity contribution is 5.92. The molecule has 12 nitrogen and oxygen atoms in total. The van der Waals surface area contributed by atoms with Crippen LogP contribution in [-0.2, 0) is 52.4 Å². The lowest BCUT2D eigenvalue weighted by Gasteiger charge is -2.14. The van der Waals surface area contributed by atoms with Crippen LogP contribution in [0.15, 0.2) is 54.6 Å². The van der Waals surface area contributed by atoms with E-state index in [1.54, 1.807) is 44.2 Å². The van der Waals surface area contributed by atoms with E-state index < -0.39 is 48.4 Å². The first-order valence-corrected chi connectivity index (χ1v) is 10.8. The molecule has 0 amide bonds. The normalized spacial score (nSPS) is 12.0. The van der Waals surface area contributed by atoms with Crippen molar-refractivity contribution in [3.63, 3.8) is 0 Å². The van der Waals surface area contributed by atoms with Crippen molar-refractivity contribution in [2.75, 3.05) is 14.2 Å². The third-order valence-electron chi connectivity index (χ3n) is 3.71. The Bertz CT molecular complexity index is 979. The Morgan fingerprint density at radius 3 is 1.41 bits per heavy atom. The molecule has 0 aliphatic heterocycles. The molecule has 0 saturated carbocycles. The van der Waals surface area contributed by atoms with Crippen LogP contribution in [0, 0.1) is 5.92 Å². The molecular formula is C25H30O12. The summed E-state index contributed by atoms with van der Waals surface area (Å²) in [6, 6.07) is 8.29. The molecule has 37 heavy (non-hydrogen) atoms. The number of hydrogen-bond acceptors (Lipinski definition) is 12. The van der Waals surface area contributed by atoms with Gasteiger partial charge in [-0.25, -0.2) is 24.0 Å². The van der Waals surface area contributed by atoms with Crippen molar-refractivity contribution in [1.29, 1.82) is 0 Å². The van der Waals surface area contributed by atoms with E-state index in [0.717, 1.165) is 24.3 Å². The van der Waals surface area contributed by atoms with Crippen molar-refractivity contribution in [3.05, 3.63) is 60.2 Å². The van der Waals surface area contributed by atoms with Crippen LogP contribution >= 0.6 is 0 Å². The van der Waals surface area contributed by atoms with Gasteiger partial charge in [-0.2, -0.15) is 0 Å². The van der Waals surface area contributed by atoms with Crippen molar-refractivity contribution < 1.29 is 57.2 Å². The van der Waals surface area contributed by atoms with E-state index in [1.165, 1.54) is 28.1 Å². The standard InChI is InChI=1S/C14H14O6.C11H16O6/c1-10(19-13(16)9-8-12(15)18-2)20-14(17)11-6-4-3-5-7-11;1-7(2)11(14)17-8(3)16-10(13)6-5-9(12)15-4/h3-10H,1-2H3;5-8H,1-4H3/b9-8+;6-5+. The zero-order valence-electron chi connectivity index (χ0n) is 21.3. The largest absolute Gasteiger partial charge is 0.466 e. The van der Waals surface area contributed by atoms with Crippen molar-refractivity contribution >= 4 is 35.8 Å². The quantitative estimate of drug-likeness (QED) is 0.191. The Kier molecular flexibility index (Phi) is 15.7. The number of benzene rings is 1. The minimum absolute atomic E-state index is 0.304. The number of carbonyl (C=O) groups is 6. The fourth-order valence-corrected chi connectivity index (χ4v) is 1.95. The molecule has 1 rings (SSSR count). The number of ether oxygens (including phenoxy) is 6. The number of rotatable bonds is 10. The average Bonchev–Trinajstić information content (AvgIpc) is 2.86. The van der Waals surface area contributed by atoms with E-state index in [9.17, 15) is 28.8 Å². The monoisotopic (exact) mass is 522 g/mol. The van der Waals surface area contributed by atoms with Gasteiger partial charge in [-0.3, -0.25) is 4.79 Å². The van der Waals surface area contributed by atoms with E-state index in [1.807, 2.05) is 0 Å². The van der Waals surface area contributed by atoms with Gasteiger partial charge in [0.05, 0.1) is 25.7 Å². The Morgan fingerprint density at radius 2 is 1.00 bits per heavy atom. The highest BCUT2D eigenvalue weighted by Crippen LogP contribution is 2.05. The highest BCUT2D eigenvalue weighted by atomic mass is 16.7. The SMILES string of the molecule is COC(=O)/C=C/C(=O)OC(C)OC(=O)C(C)C.COC(=O)/C=C/C(=O)OC(C)OC(=O)c1ccccc1. The van der Waals surface area contributed by atoms with Crippen LogP contribution in [0.4, 0.5) is 0 Å². The Labute approximate surface area is 214 Å². The minimum atomic E-state index is -1.07.